The van der Waals surface area contributed by atoms with Gasteiger partial charge in [-0.05, 0) is 149 Å². The predicted octanol–water partition coefficient (Wildman–Crippen LogP) is 20.1. The van der Waals surface area contributed by atoms with E-state index in [2.05, 4.69) is 68.9 Å². The number of allylic oxidation sites excluding steroid dienone is 2. The van der Waals surface area contributed by atoms with Gasteiger partial charge in [-0.15, -0.1) is 0 Å². The summed E-state index contributed by atoms with van der Waals surface area (Å²) in [4.78, 5) is 57.4. The van der Waals surface area contributed by atoms with Crippen molar-refractivity contribution < 1.29 is 34.8 Å². The lowest BCUT2D eigenvalue weighted by Crippen LogP contribution is -2.42. The molecule has 10 nitrogen and oxygen atoms in total. The van der Waals surface area contributed by atoms with Crippen LogP contribution in [0.4, 0.5) is 4.79 Å². The van der Waals surface area contributed by atoms with Gasteiger partial charge in [0.05, 0.1) is 0 Å². The van der Waals surface area contributed by atoms with E-state index in [9.17, 15) is 19.2 Å². The summed E-state index contributed by atoms with van der Waals surface area (Å²) in [5.74, 6) is 0.328. The summed E-state index contributed by atoms with van der Waals surface area (Å²) in [6.45, 7) is 14.4. The minimum atomic E-state index is -0.295. The van der Waals surface area contributed by atoms with Crippen LogP contribution in [0.25, 0.3) is 0 Å². The molecule has 466 valence electrons. The van der Waals surface area contributed by atoms with E-state index < -0.39 is 0 Å². The standard InChI is InChI=1S/C69H131N3O7.H2/c1-7-12-17-27-42-55-66(73)72(61-46-60-71(6)59-45-58-70-69(76)79-65-53-40-30-26-31-41-54-65)62(47-34-28-22-24-32-43-56-67(74)77-63(49-36-18-13-8-2)50-37-19-14-9-3)48-35-29-23-25-33-44-57-68(75)78-64(51-38-20-15-10-4)52-39-21-16-11-5;/h26,30,62-65H,7-25,27-29,31-61H2,1-6H3,(H,70,76);1H/b30-26+;. The number of hydrogen-bond acceptors (Lipinski definition) is 8. The van der Waals surface area contributed by atoms with Gasteiger partial charge >= 0.3 is 18.0 Å². The molecule has 0 spiro atoms. The van der Waals surface area contributed by atoms with Crippen molar-refractivity contribution in [2.75, 3.05) is 33.2 Å². The maximum Gasteiger partial charge on any atom is 0.407 e. The number of ether oxygens (including phenoxy) is 3. The van der Waals surface area contributed by atoms with E-state index in [4.69, 9.17) is 14.2 Å². The summed E-state index contributed by atoms with van der Waals surface area (Å²) in [6.07, 6.45) is 57.0. The Bertz CT molecular complexity index is 1350. The number of amides is 2. The van der Waals surface area contributed by atoms with Crippen LogP contribution < -0.4 is 5.32 Å². The van der Waals surface area contributed by atoms with Gasteiger partial charge in [0.25, 0.3) is 0 Å². The van der Waals surface area contributed by atoms with Crippen molar-refractivity contribution in [3.63, 3.8) is 0 Å². The Morgan fingerprint density at radius 3 is 1.33 bits per heavy atom. The number of hydrogen-bond donors (Lipinski definition) is 1. The van der Waals surface area contributed by atoms with Crippen molar-refractivity contribution in [1.82, 2.24) is 15.1 Å². The van der Waals surface area contributed by atoms with E-state index in [1.165, 1.54) is 96.3 Å². The second kappa shape index (κ2) is 55.9. The molecule has 0 saturated carbocycles. The van der Waals surface area contributed by atoms with Crippen LogP contribution >= 0.6 is 0 Å². The maximum atomic E-state index is 14.3. The minimum absolute atomic E-state index is 0. The van der Waals surface area contributed by atoms with Gasteiger partial charge in [-0.3, -0.25) is 14.4 Å². The largest absolute Gasteiger partial charge is 0.462 e. The second-order valence-corrected chi connectivity index (χ2v) is 24.3. The van der Waals surface area contributed by atoms with Gasteiger partial charge in [-0.2, -0.15) is 0 Å². The van der Waals surface area contributed by atoms with Crippen molar-refractivity contribution >= 4 is 23.9 Å². The van der Waals surface area contributed by atoms with Gasteiger partial charge < -0.3 is 29.3 Å². The summed E-state index contributed by atoms with van der Waals surface area (Å²) in [5, 5.41) is 2.99. The molecule has 0 aromatic heterocycles. The van der Waals surface area contributed by atoms with Gasteiger partial charge in [-0.1, -0.05) is 214 Å². The van der Waals surface area contributed by atoms with E-state index in [0.29, 0.717) is 31.7 Å². The maximum absolute atomic E-state index is 14.3. The number of carbonyl (C=O) groups excluding carboxylic acids is 4. The highest BCUT2D eigenvalue weighted by molar-refractivity contribution is 5.76. The van der Waals surface area contributed by atoms with Crippen molar-refractivity contribution in [1.29, 1.82) is 0 Å². The van der Waals surface area contributed by atoms with Crippen LogP contribution in [0.15, 0.2) is 12.2 Å². The molecule has 0 bridgehead atoms. The van der Waals surface area contributed by atoms with Gasteiger partial charge in [0.2, 0.25) is 5.91 Å². The molecule has 0 fully saturated rings. The third-order valence-electron chi connectivity index (χ3n) is 16.6. The van der Waals surface area contributed by atoms with Crippen LogP contribution in [0.5, 0.6) is 0 Å². The van der Waals surface area contributed by atoms with Crippen LogP contribution in [-0.2, 0) is 28.6 Å². The van der Waals surface area contributed by atoms with Crippen LogP contribution in [0, 0.1) is 0 Å². The second-order valence-electron chi connectivity index (χ2n) is 24.3. The molecule has 0 radical (unpaired) electrons. The molecule has 1 unspecified atom stereocenters. The molecule has 79 heavy (non-hydrogen) atoms. The first-order valence-corrected chi connectivity index (χ1v) is 34.6. The summed E-state index contributed by atoms with van der Waals surface area (Å²) < 4.78 is 17.9. The summed E-state index contributed by atoms with van der Waals surface area (Å²) in [5.41, 5.74) is 0. The number of unbranched alkanes of at least 4 members (excludes halogenated alkanes) is 26. The molecule has 1 aliphatic rings. The average Bonchev–Trinajstić information content (AvgIpc) is 3.43. The Hall–Kier alpha value is -2.62. The topological polar surface area (TPSA) is 114 Å². The van der Waals surface area contributed by atoms with Gasteiger partial charge in [0, 0.05) is 39.8 Å². The molecule has 1 N–H and O–H groups in total. The molecular weight excluding hydrogens is 983 g/mol. The zero-order valence-corrected chi connectivity index (χ0v) is 53.2. The van der Waals surface area contributed by atoms with E-state index in [1.54, 1.807) is 0 Å². The number of nitrogens with one attached hydrogen (secondary N) is 1. The molecule has 0 aromatic rings. The van der Waals surface area contributed by atoms with Crippen LogP contribution in [0.3, 0.4) is 0 Å². The quantitative estimate of drug-likeness (QED) is 0.0277. The zero-order valence-electron chi connectivity index (χ0n) is 53.2. The number of esters is 2. The Morgan fingerprint density at radius 2 is 0.848 bits per heavy atom. The Labute approximate surface area is 490 Å². The molecule has 0 aromatic carbocycles. The lowest BCUT2D eigenvalue weighted by Gasteiger charge is -2.33. The van der Waals surface area contributed by atoms with E-state index in [-0.39, 0.29) is 43.8 Å². The fourth-order valence-electron chi connectivity index (χ4n) is 11.5. The zero-order chi connectivity index (χ0) is 57.5. The Kier molecular flexibility index (Phi) is 52.6. The third-order valence-corrected chi connectivity index (χ3v) is 16.6. The van der Waals surface area contributed by atoms with E-state index in [0.717, 1.165) is 219 Å². The smallest absolute Gasteiger partial charge is 0.407 e. The fraction of sp³-hybridized carbons (Fsp3) is 0.913. The van der Waals surface area contributed by atoms with Crippen LogP contribution in [-0.4, -0.2) is 91.3 Å². The molecule has 1 atom stereocenters. The first-order valence-electron chi connectivity index (χ1n) is 34.6. The van der Waals surface area contributed by atoms with Crippen molar-refractivity contribution in [3.05, 3.63) is 12.2 Å². The predicted molar refractivity (Wildman–Crippen MR) is 337 cm³/mol. The average molecular weight is 1120 g/mol. The molecule has 1 rings (SSSR count). The SMILES string of the molecule is CCCCCCCC(=O)N(CCCN(C)CCCNC(=O)OC1CC/C=C/CCC1)C(CCCCCCCCC(=O)OC(CCCCCC)CCCCCC)CCCCCCCCC(=O)OC(CCCCCC)CCCCCC.[HH]. The van der Waals surface area contributed by atoms with Crippen molar-refractivity contribution in [2.45, 2.75) is 374 Å². The minimum Gasteiger partial charge on any atom is -0.462 e. The lowest BCUT2D eigenvalue weighted by molar-refractivity contribution is -0.151. The van der Waals surface area contributed by atoms with Crippen molar-refractivity contribution in [3.8, 4) is 0 Å². The normalized spacial score (nSPS) is 14.2. The van der Waals surface area contributed by atoms with Gasteiger partial charge in [0.15, 0.2) is 0 Å². The fourth-order valence-corrected chi connectivity index (χ4v) is 11.5. The monoisotopic (exact) mass is 1120 g/mol. The molecule has 0 saturated heterocycles. The molecule has 10 heteroatoms. The molecule has 0 aliphatic heterocycles. The summed E-state index contributed by atoms with van der Waals surface area (Å²) in [7, 11) is 2.16. The number of nitrogens with zero attached hydrogens (tertiary/aromatic N) is 2. The van der Waals surface area contributed by atoms with Gasteiger partial charge in [-0.25, -0.2) is 4.79 Å². The van der Waals surface area contributed by atoms with Crippen LogP contribution in [0.1, 0.15) is 351 Å². The number of carbonyl (C=O) groups is 4. The Balaban J connectivity index is 0.0000624. The highest BCUT2D eigenvalue weighted by Gasteiger charge is 2.24. The van der Waals surface area contributed by atoms with Crippen LogP contribution in [0.2, 0.25) is 0 Å². The first-order chi connectivity index (χ1) is 38.7. The third kappa shape index (κ3) is 46.5. The highest BCUT2D eigenvalue weighted by atomic mass is 16.6. The van der Waals surface area contributed by atoms with E-state index >= 15 is 0 Å². The van der Waals surface area contributed by atoms with E-state index in [1.807, 2.05) is 0 Å². The first kappa shape index (κ1) is 74.4. The molecular formula is C69H133N3O7. The summed E-state index contributed by atoms with van der Waals surface area (Å²) >= 11 is 0. The summed E-state index contributed by atoms with van der Waals surface area (Å²) in [6, 6.07) is 0.246. The van der Waals surface area contributed by atoms with Crippen molar-refractivity contribution in [2.24, 2.45) is 0 Å². The molecule has 1 aliphatic carbocycles. The molecule has 0 heterocycles. The molecule has 2 amide bonds. The highest BCUT2D eigenvalue weighted by Crippen LogP contribution is 2.24. The number of alkyl carbamates (subject to hydrolysis) is 1. The van der Waals surface area contributed by atoms with Gasteiger partial charge in [0.1, 0.15) is 18.3 Å². The lowest BCUT2D eigenvalue weighted by atomic mass is 9.97. The Morgan fingerprint density at radius 1 is 0.456 bits per heavy atom. The number of rotatable bonds is 56.